The molecule has 0 spiro atoms. The molecule has 1 aliphatic rings. The van der Waals surface area contributed by atoms with Crippen LogP contribution >= 0.6 is 11.8 Å². The third-order valence-electron chi connectivity index (χ3n) is 2.38. The number of carbonyl (C=O) groups is 1. The van der Waals surface area contributed by atoms with Crippen LogP contribution < -0.4 is 5.32 Å². The molecular weight excluding hydrogens is 200 g/mol. The minimum absolute atomic E-state index is 0.0316. The van der Waals surface area contributed by atoms with Crippen molar-refractivity contribution in [2.45, 2.75) is 24.8 Å². The van der Waals surface area contributed by atoms with E-state index in [1.807, 2.05) is 13.8 Å². The summed E-state index contributed by atoms with van der Waals surface area (Å²) in [7, 11) is 1.75. The normalized spacial score (nSPS) is 25.4. The fourth-order valence-corrected chi connectivity index (χ4v) is 3.00. The first kappa shape index (κ1) is 11.8. The molecule has 0 aliphatic carbocycles. The second kappa shape index (κ2) is 4.51. The lowest BCUT2D eigenvalue weighted by Crippen LogP contribution is -2.50. The largest absolute Gasteiger partial charge is 0.394 e. The Labute approximate surface area is 89.0 Å². The third kappa shape index (κ3) is 2.21. The van der Waals surface area contributed by atoms with Crippen LogP contribution in [0.2, 0.25) is 0 Å². The van der Waals surface area contributed by atoms with Crippen molar-refractivity contribution in [3.63, 3.8) is 0 Å². The molecule has 1 rings (SSSR count). The van der Waals surface area contributed by atoms with E-state index in [1.54, 1.807) is 23.7 Å². The number of amides is 1. The molecule has 14 heavy (non-hydrogen) atoms. The van der Waals surface area contributed by atoms with Gasteiger partial charge in [0.15, 0.2) is 0 Å². The lowest BCUT2D eigenvalue weighted by Gasteiger charge is -2.34. The smallest absolute Gasteiger partial charge is 0.237 e. The molecule has 4 nitrogen and oxygen atoms in total. The Morgan fingerprint density at radius 1 is 1.71 bits per heavy atom. The van der Waals surface area contributed by atoms with E-state index in [4.69, 9.17) is 5.11 Å². The first-order valence-electron chi connectivity index (χ1n) is 4.74. The van der Waals surface area contributed by atoms with E-state index in [-0.39, 0.29) is 23.4 Å². The lowest BCUT2D eigenvalue weighted by atomic mass is 10.2. The van der Waals surface area contributed by atoms with Gasteiger partial charge in [-0.25, -0.2) is 0 Å². The highest BCUT2D eigenvalue weighted by Gasteiger charge is 2.42. The van der Waals surface area contributed by atoms with E-state index in [0.717, 1.165) is 5.75 Å². The van der Waals surface area contributed by atoms with Crippen LogP contribution in [0.1, 0.15) is 13.8 Å². The van der Waals surface area contributed by atoms with Crippen LogP contribution in [0.15, 0.2) is 0 Å². The summed E-state index contributed by atoms with van der Waals surface area (Å²) in [4.78, 5) is 13.4. The van der Waals surface area contributed by atoms with Crippen molar-refractivity contribution in [2.75, 3.05) is 26.0 Å². The highest BCUT2D eigenvalue weighted by Crippen LogP contribution is 2.38. The van der Waals surface area contributed by atoms with Gasteiger partial charge in [0, 0.05) is 5.75 Å². The number of likely N-dealkylation sites (N-methyl/N-ethyl adjacent to an activating group) is 1. The highest BCUT2D eigenvalue weighted by atomic mass is 32.2. The molecule has 1 aliphatic heterocycles. The summed E-state index contributed by atoms with van der Waals surface area (Å²) >= 11 is 1.71. The second-order valence-corrected chi connectivity index (χ2v) is 5.51. The number of nitrogens with one attached hydrogen (secondary N) is 1. The van der Waals surface area contributed by atoms with Crippen molar-refractivity contribution < 1.29 is 9.90 Å². The molecule has 0 bridgehead atoms. The van der Waals surface area contributed by atoms with Crippen LogP contribution in [0.3, 0.4) is 0 Å². The van der Waals surface area contributed by atoms with Gasteiger partial charge in [-0.1, -0.05) is 0 Å². The zero-order valence-corrected chi connectivity index (χ0v) is 9.73. The monoisotopic (exact) mass is 218 g/mol. The first-order chi connectivity index (χ1) is 6.53. The molecule has 1 unspecified atom stereocenters. The summed E-state index contributed by atoms with van der Waals surface area (Å²) in [5, 5.41) is 12.0. The Kier molecular flexibility index (Phi) is 3.80. The molecule has 1 amide bonds. The standard InChI is InChI=1S/C9H18N2O2S/c1-9(2)11(8(13)4-10-3)7(5-12)6-14-9/h7,10,12H,4-6H2,1-3H3. The molecule has 1 fully saturated rings. The lowest BCUT2D eigenvalue weighted by molar-refractivity contribution is -0.135. The number of carbonyl (C=O) groups excluding carboxylic acids is 1. The predicted molar refractivity (Wildman–Crippen MR) is 58.2 cm³/mol. The van der Waals surface area contributed by atoms with Gasteiger partial charge in [-0.05, 0) is 20.9 Å². The zero-order valence-electron chi connectivity index (χ0n) is 8.91. The topological polar surface area (TPSA) is 52.6 Å². The summed E-state index contributed by atoms with van der Waals surface area (Å²) < 4.78 is 0. The molecule has 1 saturated heterocycles. The Bertz CT molecular complexity index is 221. The second-order valence-electron chi connectivity index (χ2n) is 3.89. The van der Waals surface area contributed by atoms with Gasteiger partial charge in [0.1, 0.15) is 0 Å². The maximum atomic E-state index is 11.8. The van der Waals surface area contributed by atoms with Crippen molar-refractivity contribution in [1.29, 1.82) is 0 Å². The number of thioether (sulfide) groups is 1. The van der Waals surface area contributed by atoms with Crippen molar-refractivity contribution in [3.05, 3.63) is 0 Å². The summed E-state index contributed by atoms with van der Waals surface area (Å²) in [5.41, 5.74) is 0. The molecule has 0 aromatic heterocycles. The summed E-state index contributed by atoms with van der Waals surface area (Å²) in [6.45, 7) is 4.41. The van der Waals surface area contributed by atoms with Crippen LogP contribution in [0.4, 0.5) is 0 Å². The van der Waals surface area contributed by atoms with E-state index >= 15 is 0 Å². The van der Waals surface area contributed by atoms with E-state index in [0.29, 0.717) is 6.54 Å². The molecule has 82 valence electrons. The molecule has 1 heterocycles. The fraction of sp³-hybridized carbons (Fsp3) is 0.889. The minimum Gasteiger partial charge on any atom is -0.394 e. The number of rotatable bonds is 3. The molecule has 0 radical (unpaired) electrons. The SMILES string of the molecule is CNCC(=O)N1C(CO)CSC1(C)C. The van der Waals surface area contributed by atoms with Gasteiger partial charge in [-0.3, -0.25) is 4.79 Å². The maximum absolute atomic E-state index is 11.8. The van der Waals surface area contributed by atoms with Crippen LogP contribution in [0.5, 0.6) is 0 Å². The van der Waals surface area contributed by atoms with Gasteiger partial charge in [0.05, 0.1) is 24.1 Å². The molecule has 5 heteroatoms. The average Bonchev–Trinajstić information content (AvgIpc) is 2.41. The summed E-state index contributed by atoms with van der Waals surface area (Å²) in [6, 6.07) is -0.0316. The maximum Gasteiger partial charge on any atom is 0.237 e. The van der Waals surface area contributed by atoms with Crippen molar-refractivity contribution >= 4 is 17.7 Å². The van der Waals surface area contributed by atoms with E-state index in [2.05, 4.69) is 5.32 Å². The molecule has 0 aromatic carbocycles. The van der Waals surface area contributed by atoms with Crippen molar-refractivity contribution in [1.82, 2.24) is 10.2 Å². The molecular formula is C9H18N2O2S. The Balaban J connectivity index is 2.74. The van der Waals surface area contributed by atoms with Gasteiger partial charge in [-0.2, -0.15) is 0 Å². The van der Waals surface area contributed by atoms with Gasteiger partial charge in [0.25, 0.3) is 0 Å². The van der Waals surface area contributed by atoms with Gasteiger partial charge in [-0.15, -0.1) is 11.8 Å². The molecule has 1 atom stereocenters. The average molecular weight is 218 g/mol. The van der Waals surface area contributed by atoms with E-state index in [9.17, 15) is 4.79 Å². The fourth-order valence-electron chi connectivity index (χ4n) is 1.76. The molecule has 2 N–H and O–H groups in total. The van der Waals surface area contributed by atoms with Gasteiger partial charge < -0.3 is 15.3 Å². The predicted octanol–water partition coefficient (Wildman–Crippen LogP) is -0.122. The van der Waals surface area contributed by atoms with Crippen molar-refractivity contribution in [2.24, 2.45) is 0 Å². The minimum atomic E-state index is -0.193. The quantitative estimate of drug-likeness (QED) is 0.693. The molecule has 0 aromatic rings. The van der Waals surface area contributed by atoms with Crippen molar-refractivity contribution in [3.8, 4) is 0 Å². The van der Waals surface area contributed by atoms with Crippen LogP contribution in [0, 0.1) is 0 Å². The number of hydrogen-bond acceptors (Lipinski definition) is 4. The summed E-state index contributed by atoms with van der Waals surface area (Å²) in [5.74, 6) is 0.875. The van der Waals surface area contributed by atoms with Crippen LogP contribution in [-0.2, 0) is 4.79 Å². The number of aliphatic hydroxyl groups excluding tert-OH is 1. The number of aliphatic hydroxyl groups is 1. The number of nitrogens with zero attached hydrogens (tertiary/aromatic N) is 1. The van der Waals surface area contributed by atoms with Crippen LogP contribution in [0.25, 0.3) is 0 Å². The Morgan fingerprint density at radius 3 is 2.86 bits per heavy atom. The van der Waals surface area contributed by atoms with Gasteiger partial charge in [0.2, 0.25) is 5.91 Å². The third-order valence-corrected chi connectivity index (χ3v) is 3.84. The number of hydrogen-bond donors (Lipinski definition) is 2. The highest BCUT2D eigenvalue weighted by molar-refractivity contribution is 8.00. The van der Waals surface area contributed by atoms with E-state index < -0.39 is 0 Å². The van der Waals surface area contributed by atoms with Crippen LogP contribution in [-0.4, -0.2) is 52.8 Å². The molecule has 0 saturated carbocycles. The zero-order chi connectivity index (χ0) is 10.8. The Hall–Kier alpha value is -0.260. The van der Waals surface area contributed by atoms with E-state index in [1.165, 1.54) is 0 Å². The first-order valence-corrected chi connectivity index (χ1v) is 5.73. The Morgan fingerprint density at radius 2 is 2.36 bits per heavy atom. The summed E-state index contributed by atoms with van der Waals surface area (Å²) in [6.07, 6.45) is 0. The van der Waals surface area contributed by atoms with Gasteiger partial charge >= 0.3 is 0 Å².